The van der Waals surface area contributed by atoms with Crippen LogP contribution in [-0.4, -0.2) is 52.0 Å². The summed E-state index contributed by atoms with van der Waals surface area (Å²) in [6, 6.07) is 11.3. The summed E-state index contributed by atoms with van der Waals surface area (Å²) in [4.78, 5) is 30.3. The Labute approximate surface area is 171 Å². The molecule has 1 fully saturated rings. The van der Waals surface area contributed by atoms with Crippen molar-refractivity contribution in [2.45, 2.75) is 38.3 Å². The number of pyridine rings is 1. The highest BCUT2D eigenvalue weighted by Crippen LogP contribution is 2.41. The van der Waals surface area contributed by atoms with E-state index in [0.717, 1.165) is 16.7 Å². The minimum absolute atomic E-state index is 0.0376. The number of aromatic nitrogens is 1. The number of rotatable bonds is 7. The lowest BCUT2D eigenvalue weighted by molar-refractivity contribution is -0.150. The number of hydrogen-bond donors (Lipinski definition) is 2. The average Bonchev–Trinajstić information content (AvgIpc) is 2.69. The van der Waals surface area contributed by atoms with Crippen LogP contribution in [0.15, 0.2) is 54.9 Å². The van der Waals surface area contributed by atoms with Crippen LogP contribution in [0.2, 0.25) is 0 Å². The van der Waals surface area contributed by atoms with Gasteiger partial charge < -0.3 is 15.3 Å². The van der Waals surface area contributed by atoms with E-state index in [1.807, 2.05) is 49.4 Å². The number of amides is 2. The van der Waals surface area contributed by atoms with Gasteiger partial charge in [-0.2, -0.15) is 0 Å². The van der Waals surface area contributed by atoms with E-state index in [1.165, 1.54) is 6.92 Å². The lowest BCUT2D eigenvalue weighted by Crippen LogP contribution is -2.68. The molecule has 0 bridgehead atoms. The van der Waals surface area contributed by atoms with Crippen LogP contribution in [0.5, 0.6) is 0 Å². The van der Waals surface area contributed by atoms with Crippen LogP contribution in [0.1, 0.15) is 36.5 Å². The molecule has 0 spiro atoms. The van der Waals surface area contributed by atoms with E-state index in [0.29, 0.717) is 6.54 Å². The molecule has 0 radical (unpaired) electrons. The van der Waals surface area contributed by atoms with Gasteiger partial charge in [0.25, 0.3) is 0 Å². The lowest BCUT2D eigenvalue weighted by Gasteiger charge is -2.55. The highest BCUT2D eigenvalue weighted by molar-refractivity contribution is 5.81. The smallest absolute Gasteiger partial charge is 0.227 e. The molecule has 2 N–H and O–H groups in total. The fourth-order valence-corrected chi connectivity index (χ4v) is 4.03. The van der Waals surface area contributed by atoms with E-state index < -0.39 is 0 Å². The summed E-state index contributed by atoms with van der Waals surface area (Å²) < 4.78 is 0. The first-order valence-corrected chi connectivity index (χ1v) is 9.83. The van der Waals surface area contributed by atoms with Gasteiger partial charge in [0.1, 0.15) is 0 Å². The Hall–Kier alpha value is -2.99. The largest absolute Gasteiger partial charge is 0.394 e. The van der Waals surface area contributed by atoms with Crippen LogP contribution in [0.25, 0.3) is 6.08 Å². The number of carbonyl (C=O) groups excluding carboxylic acids is 2. The standard InChI is InChI=1S/C23H27N3O3/c1-3-5-17-7-9-19(10-8-17)23-20(14-25-16(2)28)26(21(23)15-27)22(29)12-18-6-4-11-24-13-18/h3-11,13,20-21,23,27H,12,14-15H2,1-2H3,(H,25,28)/t20-,21-,23-/m1/s1. The summed E-state index contributed by atoms with van der Waals surface area (Å²) in [5.74, 6) is -0.252. The van der Waals surface area contributed by atoms with Crippen molar-refractivity contribution in [1.82, 2.24) is 15.2 Å². The van der Waals surface area contributed by atoms with Crippen LogP contribution in [0.3, 0.4) is 0 Å². The number of nitrogens with one attached hydrogen (secondary N) is 1. The van der Waals surface area contributed by atoms with Crippen LogP contribution < -0.4 is 5.32 Å². The Morgan fingerprint density at radius 2 is 1.97 bits per heavy atom. The van der Waals surface area contributed by atoms with Crippen molar-refractivity contribution in [3.05, 3.63) is 71.6 Å². The molecule has 6 nitrogen and oxygen atoms in total. The highest BCUT2D eigenvalue weighted by Gasteiger charge is 2.50. The predicted molar refractivity (Wildman–Crippen MR) is 112 cm³/mol. The zero-order valence-corrected chi connectivity index (χ0v) is 16.8. The van der Waals surface area contributed by atoms with Gasteiger partial charge in [-0.3, -0.25) is 14.6 Å². The van der Waals surface area contributed by atoms with Gasteiger partial charge in [0.05, 0.1) is 25.1 Å². The molecule has 3 rings (SSSR count). The van der Waals surface area contributed by atoms with Gasteiger partial charge in [0.2, 0.25) is 11.8 Å². The van der Waals surface area contributed by atoms with Crippen LogP contribution in [0.4, 0.5) is 0 Å². The topological polar surface area (TPSA) is 82.5 Å². The summed E-state index contributed by atoms with van der Waals surface area (Å²) in [6.45, 7) is 3.66. The van der Waals surface area contributed by atoms with Crippen LogP contribution >= 0.6 is 0 Å². The van der Waals surface area contributed by atoms with Gasteiger partial charge in [-0.05, 0) is 29.7 Å². The molecule has 1 aliphatic heterocycles. The first-order chi connectivity index (χ1) is 14.0. The summed E-state index contributed by atoms with van der Waals surface area (Å²) in [6.07, 6.45) is 7.56. The maximum atomic E-state index is 13.0. The third kappa shape index (κ3) is 4.71. The molecular formula is C23H27N3O3. The number of aliphatic hydroxyl groups excluding tert-OH is 1. The Balaban J connectivity index is 1.83. The quantitative estimate of drug-likeness (QED) is 0.755. The molecule has 2 amide bonds. The van der Waals surface area contributed by atoms with Crippen molar-refractivity contribution < 1.29 is 14.7 Å². The summed E-state index contributed by atoms with van der Waals surface area (Å²) in [5.41, 5.74) is 2.98. The zero-order chi connectivity index (χ0) is 20.8. The Kier molecular flexibility index (Phi) is 6.77. The minimum atomic E-state index is -0.314. The number of benzene rings is 1. The van der Waals surface area contributed by atoms with Gasteiger partial charge in [-0.15, -0.1) is 0 Å². The fourth-order valence-electron chi connectivity index (χ4n) is 4.03. The number of hydrogen-bond acceptors (Lipinski definition) is 4. The first-order valence-electron chi connectivity index (χ1n) is 9.83. The van der Waals surface area contributed by atoms with Crippen LogP contribution in [0, 0.1) is 0 Å². The molecule has 0 aliphatic carbocycles. The molecule has 152 valence electrons. The zero-order valence-electron chi connectivity index (χ0n) is 16.8. The second-order valence-electron chi connectivity index (χ2n) is 7.29. The van der Waals surface area contributed by atoms with Gasteiger partial charge in [-0.25, -0.2) is 0 Å². The molecule has 1 aromatic carbocycles. The second kappa shape index (κ2) is 9.47. The molecule has 1 aromatic heterocycles. The highest BCUT2D eigenvalue weighted by atomic mass is 16.3. The van der Waals surface area contributed by atoms with Gasteiger partial charge in [-0.1, -0.05) is 42.5 Å². The Morgan fingerprint density at radius 1 is 1.21 bits per heavy atom. The number of aliphatic hydroxyl groups is 1. The number of nitrogens with zero attached hydrogens (tertiary/aromatic N) is 2. The maximum Gasteiger partial charge on any atom is 0.227 e. The third-order valence-corrected chi connectivity index (χ3v) is 5.34. The third-order valence-electron chi connectivity index (χ3n) is 5.34. The van der Waals surface area contributed by atoms with E-state index in [4.69, 9.17) is 0 Å². The second-order valence-corrected chi connectivity index (χ2v) is 7.29. The molecular weight excluding hydrogens is 366 g/mol. The summed E-state index contributed by atoms with van der Waals surface area (Å²) in [7, 11) is 0. The van der Waals surface area contributed by atoms with E-state index in [1.54, 1.807) is 23.4 Å². The summed E-state index contributed by atoms with van der Waals surface area (Å²) in [5, 5.41) is 12.9. The van der Waals surface area contributed by atoms with Crippen molar-refractivity contribution in [3.8, 4) is 0 Å². The van der Waals surface area contributed by atoms with Crippen molar-refractivity contribution in [1.29, 1.82) is 0 Å². The van der Waals surface area contributed by atoms with Crippen molar-refractivity contribution in [3.63, 3.8) is 0 Å². The summed E-state index contributed by atoms with van der Waals surface area (Å²) >= 11 is 0. The molecule has 2 aromatic rings. The molecule has 3 atom stereocenters. The molecule has 1 saturated heterocycles. The molecule has 29 heavy (non-hydrogen) atoms. The van der Waals surface area contributed by atoms with E-state index >= 15 is 0 Å². The van der Waals surface area contributed by atoms with E-state index in [9.17, 15) is 14.7 Å². The SMILES string of the molecule is CC=Cc1ccc([C@H]2[C@@H](CO)N(C(=O)Cc3cccnc3)[C@@H]2CNC(C)=O)cc1. The number of carbonyl (C=O) groups is 2. The molecule has 2 heterocycles. The lowest BCUT2D eigenvalue weighted by atomic mass is 9.74. The molecule has 0 unspecified atom stereocenters. The Bertz CT molecular complexity index is 865. The normalized spacial score (nSPS) is 21.1. The minimum Gasteiger partial charge on any atom is -0.394 e. The Morgan fingerprint density at radius 3 is 2.55 bits per heavy atom. The number of allylic oxidation sites excluding steroid dienone is 1. The van der Waals surface area contributed by atoms with Gasteiger partial charge in [0, 0.05) is 31.8 Å². The van der Waals surface area contributed by atoms with Crippen molar-refractivity contribution in [2.75, 3.05) is 13.2 Å². The molecule has 1 aliphatic rings. The maximum absolute atomic E-state index is 13.0. The van der Waals surface area contributed by atoms with E-state index in [2.05, 4.69) is 10.3 Å². The average molecular weight is 393 g/mol. The van der Waals surface area contributed by atoms with E-state index in [-0.39, 0.29) is 42.8 Å². The molecule has 6 heteroatoms. The molecule has 0 saturated carbocycles. The van der Waals surface area contributed by atoms with Gasteiger partial charge in [0.15, 0.2) is 0 Å². The first kappa shape index (κ1) is 20.7. The van der Waals surface area contributed by atoms with Crippen LogP contribution in [-0.2, 0) is 16.0 Å². The van der Waals surface area contributed by atoms with Crippen molar-refractivity contribution in [2.24, 2.45) is 0 Å². The fraction of sp³-hybridized carbons (Fsp3) is 0.348. The predicted octanol–water partition coefficient (Wildman–Crippen LogP) is 2.15. The van der Waals surface area contributed by atoms with Crippen molar-refractivity contribution >= 4 is 17.9 Å². The van der Waals surface area contributed by atoms with Gasteiger partial charge >= 0.3 is 0 Å². The monoisotopic (exact) mass is 393 g/mol. The number of likely N-dealkylation sites (tertiary alicyclic amines) is 1.